The molecular weight excluding hydrogens is 344 g/mol. The lowest BCUT2D eigenvalue weighted by Crippen LogP contribution is -1.96. The van der Waals surface area contributed by atoms with Gasteiger partial charge in [0.2, 0.25) is 4.77 Å². The highest BCUT2D eigenvalue weighted by molar-refractivity contribution is 9.10. The van der Waals surface area contributed by atoms with Crippen LogP contribution in [0.5, 0.6) is 11.5 Å². The van der Waals surface area contributed by atoms with Gasteiger partial charge in [-0.2, -0.15) is 14.9 Å². The summed E-state index contributed by atoms with van der Waals surface area (Å²) in [5, 5.41) is 10.9. The number of H-pyrrole nitrogens is 1. The Morgan fingerprint density at radius 2 is 2.15 bits per heavy atom. The zero-order valence-corrected chi connectivity index (χ0v) is 13.6. The summed E-state index contributed by atoms with van der Waals surface area (Å²) < 4.78 is 13.3. The van der Waals surface area contributed by atoms with Gasteiger partial charge in [-0.3, -0.25) is 5.10 Å². The number of halogens is 1. The van der Waals surface area contributed by atoms with E-state index in [1.165, 1.54) is 0 Å². The van der Waals surface area contributed by atoms with Crippen molar-refractivity contribution in [2.24, 2.45) is 5.10 Å². The van der Waals surface area contributed by atoms with Gasteiger partial charge in [0.1, 0.15) is 5.82 Å². The molecule has 0 amide bonds. The molecule has 1 aromatic carbocycles. The van der Waals surface area contributed by atoms with Crippen LogP contribution in [0.25, 0.3) is 0 Å². The van der Waals surface area contributed by atoms with Gasteiger partial charge in [-0.05, 0) is 52.8 Å². The Kier molecular flexibility index (Phi) is 4.56. The summed E-state index contributed by atoms with van der Waals surface area (Å²) in [6.45, 7) is 1.81. The summed E-state index contributed by atoms with van der Waals surface area (Å²) in [5.74, 6) is 1.95. The topological polar surface area (TPSA) is 64.4 Å². The van der Waals surface area contributed by atoms with E-state index in [0.29, 0.717) is 22.1 Å². The third-order valence-electron chi connectivity index (χ3n) is 2.59. The minimum atomic E-state index is 0.443. The van der Waals surface area contributed by atoms with E-state index in [1.54, 1.807) is 25.1 Å². The first kappa shape index (κ1) is 14.7. The van der Waals surface area contributed by atoms with E-state index in [0.717, 1.165) is 10.0 Å². The van der Waals surface area contributed by atoms with Gasteiger partial charge in [0, 0.05) is 0 Å². The smallest absolute Gasteiger partial charge is 0.216 e. The molecule has 2 rings (SSSR count). The lowest BCUT2D eigenvalue weighted by atomic mass is 10.2. The number of methoxy groups -OCH3 is 2. The van der Waals surface area contributed by atoms with E-state index in [1.807, 2.05) is 19.1 Å². The second-order valence-electron chi connectivity index (χ2n) is 3.87. The zero-order valence-electron chi connectivity index (χ0n) is 11.2. The normalized spacial score (nSPS) is 11.0. The molecule has 0 aliphatic rings. The van der Waals surface area contributed by atoms with Gasteiger partial charge in [0.05, 0.1) is 24.9 Å². The third kappa shape index (κ3) is 2.91. The molecule has 0 aliphatic carbocycles. The summed E-state index contributed by atoms with van der Waals surface area (Å²) in [4.78, 5) is 0. The van der Waals surface area contributed by atoms with Gasteiger partial charge < -0.3 is 9.47 Å². The fourth-order valence-electron chi connectivity index (χ4n) is 1.64. The van der Waals surface area contributed by atoms with Crippen molar-refractivity contribution in [1.29, 1.82) is 0 Å². The third-order valence-corrected chi connectivity index (χ3v) is 3.44. The number of benzene rings is 1. The van der Waals surface area contributed by atoms with Crippen LogP contribution in [-0.2, 0) is 0 Å². The van der Waals surface area contributed by atoms with Gasteiger partial charge in [-0.1, -0.05) is 0 Å². The van der Waals surface area contributed by atoms with Crippen LogP contribution in [0.1, 0.15) is 11.4 Å². The quantitative estimate of drug-likeness (QED) is 0.675. The molecule has 8 heteroatoms. The molecule has 2 aromatic rings. The first-order valence-corrected chi connectivity index (χ1v) is 6.87. The summed E-state index contributed by atoms with van der Waals surface area (Å²) in [5.41, 5.74) is 0.844. The highest BCUT2D eigenvalue weighted by Crippen LogP contribution is 2.35. The number of nitrogens with zero attached hydrogens (tertiary/aromatic N) is 3. The Balaban J connectivity index is 2.40. The van der Waals surface area contributed by atoms with E-state index in [4.69, 9.17) is 21.7 Å². The van der Waals surface area contributed by atoms with Crippen LogP contribution >= 0.6 is 28.1 Å². The largest absolute Gasteiger partial charge is 0.493 e. The van der Waals surface area contributed by atoms with Crippen LogP contribution in [0.4, 0.5) is 0 Å². The van der Waals surface area contributed by atoms with Gasteiger partial charge in [-0.15, -0.1) is 0 Å². The van der Waals surface area contributed by atoms with Gasteiger partial charge in [0.25, 0.3) is 0 Å². The summed E-state index contributed by atoms with van der Waals surface area (Å²) in [6.07, 6.45) is 1.67. The number of aromatic nitrogens is 3. The van der Waals surface area contributed by atoms with Crippen molar-refractivity contribution >= 4 is 34.4 Å². The second-order valence-corrected chi connectivity index (χ2v) is 5.11. The summed E-state index contributed by atoms with van der Waals surface area (Å²) in [6, 6.07) is 3.70. The van der Waals surface area contributed by atoms with Crippen molar-refractivity contribution in [3.63, 3.8) is 0 Å². The zero-order chi connectivity index (χ0) is 14.7. The molecule has 1 N–H and O–H groups in total. The Bertz CT molecular complexity index is 708. The molecular formula is C12H13BrN4O2S. The van der Waals surface area contributed by atoms with Crippen LogP contribution < -0.4 is 9.47 Å². The number of aryl methyl sites for hydroxylation is 1. The molecule has 1 heterocycles. The van der Waals surface area contributed by atoms with Crippen LogP contribution in [0.3, 0.4) is 0 Å². The fraction of sp³-hybridized carbons (Fsp3) is 0.250. The molecule has 0 saturated heterocycles. The molecule has 0 unspecified atom stereocenters. The maximum Gasteiger partial charge on any atom is 0.216 e. The number of hydrogen-bond acceptors (Lipinski definition) is 5. The highest BCUT2D eigenvalue weighted by atomic mass is 79.9. The number of ether oxygens (including phenoxy) is 2. The summed E-state index contributed by atoms with van der Waals surface area (Å²) in [7, 11) is 3.17. The average molecular weight is 357 g/mol. The van der Waals surface area contributed by atoms with Crippen molar-refractivity contribution in [3.8, 4) is 11.5 Å². The standard InChI is InChI=1S/C12H13BrN4O2S/c1-7-15-16-12(20)17(7)14-6-8-4-9(13)11(19-3)10(5-8)18-2/h4-6H,1-3H3,(H,16,20)/b14-6-. The Labute approximate surface area is 129 Å². The van der Waals surface area contributed by atoms with E-state index < -0.39 is 0 Å². The Morgan fingerprint density at radius 1 is 1.40 bits per heavy atom. The molecule has 0 fully saturated rings. The molecule has 0 bridgehead atoms. The van der Waals surface area contributed by atoms with Crippen LogP contribution in [0, 0.1) is 11.7 Å². The molecule has 20 heavy (non-hydrogen) atoms. The molecule has 0 saturated carbocycles. The summed E-state index contributed by atoms with van der Waals surface area (Å²) >= 11 is 8.51. The first-order chi connectivity index (χ1) is 9.56. The number of hydrogen-bond donors (Lipinski definition) is 1. The van der Waals surface area contributed by atoms with E-state index in [-0.39, 0.29) is 0 Å². The average Bonchev–Trinajstić information content (AvgIpc) is 2.75. The Hall–Kier alpha value is -1.67. The SMILES string of the molecule is COc1cc(/C=N\n2c(C)n[nH]c2=S)cc(Br)c1OC. The maximum absolute atomic E-state index is 5.28. The second kappa shape index (κ2) is 6.19. The lowest BCUT2D eigenvalue weighted by Gasteiger charge is -2.10. The fourth-order valence-corrected chi connectivity index (χ4v) is 2.49. The van der Waals surface area contributed by atoms with Crippen molar-refractivity contribution in [1.82, 2.24) is 14.9 Å². The van der Waals surface area contributed by atoms with E-state index in [9.17, 15) is 0 Å². The van der Waals surface area contributed by atoms with Crippen molar-refractivity contribution < 1.29 is 9.47 Å². The number of nitrogens with one attached hydrogen (secondary N) is 1. The van der Waals surface area contributed by atoms with Crippen molar-refractivity contribution in [2.75, 3.05) is 14.2 Å². The molecule has 6 nitrogen and oxygen atoms in total. The van der Waals surface area contributed by atoms with E-state index in [2.05, 4.69) is 31.2 Å². The first-order valence-electron chi connectivity index (χ1n) is 5.66. The minimum absolute atomic E-state index is 0.443. The number of rotatable bonds is 4. The Morgan fingerprint density at radius 3 is 2.70 bits per heavy atom. The van der Waals surface area contributed by atoms with Crippen molar-refractivity contribution in [2.45, 2.75) is 6.92 Å². The molecule has 0 aliphatic heterocycles. The highest BCUT2D eigenvalue weighted by Gasteiger charge is 2.09. The molecule has 0 atom stereocenters. The van der Waals surface area contributed by atoms with Crippen LogP contribution in [0.15, 0.2) is 21.7 Å². The van der Waals surface area contributed by atoms with Gasteiger partial charge >= 0.3 is 0 Å². The molecule has 106 valence electrons. The predicted octanol–water partition coefficient (Wildman–Crippen LogP) is 2.91. The molecule has 1 aromatic heterocycles. The van der Waals surface area contributed by atoms with Crippen LogP contribution in [0.2, 0.25) is 0 Å². The van der Waals surface area contributed by atoms with E-state index >= 15 is 0 Å². The van der Waals surface area contributed by atoms with Crippen molar-refractivity contribution in [3.05, 3.63) is 32.8 Å². The molecule has 0 spiro atoms. The maximum atomic E-state index is 5.28. The lowest BCUT2D eigenvalue weighted by molar-refractivity contribution is 0.353. The predicted molar refractivity (Wildman–Crippen MR) is 82.4 cm³/mol. The molecule has 0 radical (unpaired) electrons. The minimum Gasteiger partial charge on any atom is -0.493 e. The number of aromatic amines is 1. The van der Waals surface area contributed by atoms with Gasteiger partial charge in [-0.25, -0.2) is 0 Å². The monoisotopic (exact) mass is 356 g/mol. The van der Waals surface area contributed by atoms with Gasteiger partial charge in [0.15, 0.2) is 11.5 Å². The van der Waals surface area contributed by atoms with Crippen LogP contribution in [-0.4, -0.2) is 35.3 Å².